The van der Waals surface area contributed by atoms with E-state index >= 15 is 0 Å². The average molecular weight is 404 g/mol. The molecule has 142 valence electrons. The largest absolute Gasteiger partial charge is 0.466 e. The third-order valence-electron chi connectivity index (χ3n) is 4.73. The quantitative estimate of drug-likeness (QED) is 0.566. The van der Waals surface area contributed by atoms with E-state index in [2.05, 4.69) is 25.2 Å². The zero-order valence-electron chi connectivity index (χ0n) is 15.5. The first kappa shape index (κ1) is 19.8. The number of benzene rings is 2. The maximum Gasteiger partial charge on any atom is 0.308 e. The van der Waals surface area contributed by atoms with Gasteiger partial charge >= 0.3 is 5.97 Å². The van der Waals surface area contributed by atoms with Crippen molar-refractivity contribution in [1.29, 1.82) is 0 Å². The summed E-state index contributed by atoms with van der Waals surface area (Å²) in [4.78, 5) is 12.5. The van der Waals surface area contributed by atoms with Crippen LogP contribution in [0.5, 0.6) is 0 Å². The fraction of sp³-hybridized carbons (Fsp3) is 0.333. The van der Waals surface area contributed by atoms with Crippen molar-refractivity contribution < 1.29 is 14.3 Å². The zero-order valence-corrected chi connectivity index (χ0v) is 17.1. The lowest BCUT2D eigenvalue weighted by Gasteiger charge is -2.24. The predicted molar refractivity (Wildman–Crippen MR) is 112 cm³/mol. The van der Waals surface area contributed by atoms with Crippen LogP contribution in [0.4, 0.5) is 5.69 Å². The van der Waals surface area contributed by atoms with Crippen molar-refractivity contribution in [2.45, 2.75) is 39.4 Å². The molecule has 1 aliphatic rings. The Labute approximate surface area is 169 Å². The number of hydrogen-bond donors (Lipinski definition) is 1. The van der Waals surface area contributed by atoms with E-state index in [1.54, 1.807) is 6.92 Å². The van der Waals surface area contributed by atoms with Crippen LogP contribution in [-0.2, 0) is 14.3 Å². The van der Waals surface area contributed by atoms with Crippen LogP contribution in [0.15, 0.2) is 36.4 Å². The van der Waals surface area contributed by atoms with Gasteiger partial charge in [0.05, 0.1) is 13.0 Å². The van der Waals surface area contributed by atoms with Gasteiger partial charge in [-0.3, -0.25) is 4.79 Å². The first-order valence-corrected chi connectivity index (χ1v) is 9.66. The second-order valence-electron chi connectivity index (χ2n) is 6.52. The van der Waals surface area contributed by atoms with Crippen LogP contribution in [0.2, 0.25) is 5.02 Å². The molecule has 1 heterocycles. The Morgan fingerprint density at radius 3 is 2.78 bits per heavy atom. The van der Waals surface area contributed by atoms with Gasteiger partial charge in [-0.1, -0.05) is 42.0 Å². The SMILES string of the molecule is CCOC(=O)C[C@H]1O[C@H](c2cccc(C)c2C)c2cc(Cl)ccc2NC1=S. The van der Waals surface area contributed by atoms with Gasteiger partial charge in [-0.25, -0.2) is 0 Å². The second kappa shape index (κ2) is 8.38. The van der Waals surface area contributed by atoms with Gasteiger partial charge in [-0.2, -0.15) is 0 Å². The molecule has 1 N–H and O–H groups in total. The molecule has 27 heavy (non-hydrogen) atoms. The minimum atomic E-state index is -0.588. The Kier molecular flexibility index (Phi) is 6.15. The number of anilines is 1. The molecule has 4 nitrogen and oxygen atoms in total. The van der Waals surface area contributed by atoms with Gasteiger partial charge in [-0.15, -0.1) is 0 Å². The first-order valence-electron chi connectivity index (χ1n) is 8.88. The van der Waals surface area contributed by atoms with Crippen molar-refractivity contribution >= 4 is 40.5 Å². The Hall–Kier alpha value is -1.95. The smallest absolute Gasteiger partial charge is 0.308 e. The highest BCUT2D eigenvalue weighted by Gasteiger charge is 2.32. The van der Waals surface area contributed by atoms with E-state index in [4.69, 9.17) is 33.3 Å². The summed E-state index contributed by atoms with van der Waals surface area (Å²) < 4.78 is 11.5. The van der Waals surface area contributed by atoms with Gasteiger partial charge in [-0.05, 0) is 55.7 Å². The summed E-state index contributed by atoms with van der Waals surface area (Å²) in [6.45, 7) is 6.23. The van der Waals surface area contributed by atoms with Crippen LogP contribution < -0.4 is 5.32 Å². The third kappa shape index (κ3) is 4.32. The van der Waals surface area contributed by atoms with Gasteiger partial charge in [0.25, 0.3) is 0 Å². The minimum Gasteiger partial charge on any atom is -0.466 e. The van der Waals surface area contributed by atoms with Gasteiger partial charge in [0, 0.05) is 16.3 Å². The molecule has 2 aromatic rings. The number of rotatable bonds is 4. The van der Waals surface area contributed by atoms with Crippen LogP contribution in [0.1, 0.15) is 41.7 Å². The number of halogens is 1. The van der Waals surface area contributed by atoms with Gasteiger partial charge in [0.15, 0.2) is 0 Å². The van der Waals surface area contributed by atoms with Gasteiger partial charge in [0.1, 0.15) is 17.2 Å². The van der Waals surface area contributed by atoms with Crippen LogP contribution >= 0.6 is 23.8 Å². The summed E-state index contributed by atoms with van der Waals surface area (Å²) in [5.74, 6) is -0.338. The number of ether oxygens (including phenoxy) is 2. The van der Waals surface area contributed by atoms with Crippen LogP contribution in [0.3, 0.4) is 0 Å². The maximum atomic E-state index is 12.0. The molecule has 0 spiro atoms. The number of fused-ring (bicyclic) bond motifs is 1. The van der Waals surface area contributed by atoms with Crippen LogP contribution in [-0.4, -0.2) is 23.7 Å². The number of thiocarbonyl (C=S) groups is 1. The van der Waals surface area contributed by atoms with Crippen molar-refractivity contribution in [3.05, 3.63) is 63.7 Å². The molecule has 0 amide bonds. The van der Waals surface area contributed by atoms with Crippen LogP contribution in [0.25, 0.3) is 0 Å². The number of nitrogens with one attached hydrogen (secondary N) is 1. The fourth-order valence-corrected chi connectivity index (χ4v) is 3.62. The van der Waals surface area contributed by atoms with Crippen molar-refractivity contribution in [3.63, 3.8) is 0 Å². The molecule has 3 rings (SSSR count). The Morgan fingerprint density at radius 1 is 1.26 bits per heavy atom. The molecule has 0 fully saturated rings. The number of carbonyl (C=O) groups excluding carboxylic acids is 1. The summed E-state index contributed by atoms with van der Waals surface area (Å²) >= 11 is 11.8. The van der Waals surface area contributed by atoms with Crippen molar-refractivity contribution in [2.24, 2.45) is 0 Å². The molecule has 0 unspecified atom stereocenters. The van der Waals surface area contributed by atoms with Crippen molar-refractivity contribution in [2.75, 3.05) is 11.9 Å². The number of carbonyl (C=O) groups is 1. The lowest BCUT2D eigenvalue weighted by atomic mass is 9.93. The fourth-order valence-electron chi connectivity index (χ4n) is 3.19. The summed E-state index contributed by atoms with van der Waals surface area (Å²) in [6.07, 6.45) is -0.927. The van der Waals surface area contributed by atoms with E-state index in [9.17, 15) is 4.79 Å². The molecule has 1 aliphatic heterocycles. The molecule has 0 aliphatic carbocycles. The summed E-state index contributed by atoms with van der Waals surface area (Å²) in [6, 6.07) is 11.7. The van der Waals surface area contributed by atoms with E-state index in [-0.39, 0.29) is 12.4 Å². The highest BCUT2D eigenvalue weighted by molar-refractivity contribution is 7.80. The van der Waals surface area contributed by atoms with E-state index in [0.29, 0.717) is 16.6 Å². The standard InChI is InChI=1S/C21H22ClNO3S/c1-4-25-19(24)11-18-21(27)23-17-9-8-14(22)10-16(17)20(26-18)15-7-5-6-12(2)13(15)3/h5-10,18,20H,4,11H2,1-3H3,(H,23,27)/t18-,20-/m1/s1. The molecule has 0 bridgehead atoms. The topological polar surface area (TPSA) is 47.6 Å². The summed E-state index contributed by atoms with van der Waals surface area (Å²) in [5.41, 5.74) is 5.06. The van der Waals surface area contributed by atoms with Crippen LogP contribution in [0, 0.1) is 13.8 Å². The van der Waals surface area contributed by atoms with Crippen molar-refractivity contribution in [3.8, 4) is 0 Å². The lowest BCUT2D eigenvalue weighted by molar-refractivity contribution is -0.145. The van der Waals surface area contributed by atoms with E-state index in [1.165, 1.54) is 5.56 Å². The number of aryl methyl sites for hydroxylation is 1. The molecule has 0 aromatic heterocycles. The normalized spacial score (nSPS) is 19.0. The third-order valence-corrected chi connectivity index (χ3v) is 5.33. The van der Waals surface area contributed by atoms with Crippen molar-refractivity contribution in [1.82, 2.24) is 0 Å². The molecule has 2 aromatic carbocycles. The molecular formula is C21H22ClNO3S. The monoisotopic (exact) mass is 403 g/mol. The summed E-state index contributed by atoms with van der Waals surface area (Å²) in [5, 5.41) is 3.84. The second-order valence-corrected chi connectivity index (χ2v) is 7.40. The Balaban J connectivity index is 2.07. The van der Waals surface area contributed by atoms with Gasteiger partial charge in [0.2, 0.25) is 0 Å². The minimum absolute atomic E-state index is 0.0583. The molecule has 0 saturated carbocycles. The maximum absolute atomic E-state index is 12.0. The Morgan fingerprint density at radius 2 is 2.04 bits per heavy atom. The summed E-state index contributed by atoms with van der Waals surface area (Å²) in [7, 11) is 0. The lowest BCUT2D eigenvalue weighted by Crippen LogP contribution is -2.31. The van der Waals surface area contributed by atoms with E-state index < -0.39 is 12.2 Å². The molecule has 0 saturated heterocycles. The van der Waals surface area contributed by atoms with E-state index in [1.807, 2.05) is 30.3 Å². The zero-order chi connectivity index (χ0) is 19.6. The average Bonchev–Trinajstić information content (AvgIpc) is 2.75. The highest BCUT2D eigenvalue weighted by Crippen LogP contribution is 2.39. The molecular weight excluding hydrogens is 382 g/mol. The molecule has 6 heteroatoms. The molecule has 2 atom stereocenters. The van der Waals surface area contributed by atoms with E-state index in [0.717, 1.165) is 22.4 Å². The number of esters is 1. The van der Waals surface area contributed by atoms with Gasteiger partial charge < -0.3 is 14.8 Å². The predicted octanol–water partition coefficient (Wildman–Crippen LogP) is 5.14. The molecule has 0 radical (unpaired) electrons. The number of hydrogen-bond acceptors (Lipinski definition) is 4. The first-order chi connectivity index (χ1) is 12.9. The Bertz CT molecular complexity index is 884. The highest BCUT2D eigenvalue weighted by atomic mass is 35.5.